The molecular weight excluding hydrogens is 340 g/mol. The first-order valence-corrected chi connectivity index (χ1v) is 8.35. The summed E-state index contributed by atoms with van der Waals surface area (Å²) in [6.07, 6.45) is 1.54. The van der Waals surface area contributed by atoms with E-state index in [4.69, 9.17) is 9.68 Å². The summed E-state index contributed by atoms with van der Waals surface area (Å²) < 4.78 is 5.93. The van der Waals surface area contributed by atoms with Crippen molar-refractivity contribution < 1.29 is 14.0 Å². The first-order chi connectivity index (χ1) is 13.1. The molecule has 3 aromatic rings. The van der Waals surface area contributed by atoms with Gasteiger partial charge >= 0.3 is 0 Å². The summed E-state index contributed by atoms with van der Waals surface area (Å²) in [7, 11) is 0. The highest BCUT2D eigenvalue weighted by Crippen LogP contribution is 2.31. The van der Waals surface area contributed by atoms with Gasteiger partial charge in [0.1, 0.15) is 23.2 Å². The lowest BCUT2D eigenvalue weighted by Gasteiger charge is -2.15. The molecule has 0 aliphatic carbocycles. The van der Waals surface area contributed by atoms with Crippen LogP contribution in [0.4, 0.5) is 0 Å². The lowest BCUT2D eigenvalue weighted by molar-refractivity contribution is -0.126. The topological polar surface area (TPSA) is 83.1 Å². The number of nitrogens with zero attached hydrogens (tertiary/aromatic N) is 1. The maximum absolute atomic E-state index is 12.1. The molecule has 1 aliphatic rings. The quantitative estimate of drug-likeness (QED) is 0.557. The second kappa shape index (κ2) is 6.43. The molecule has 1 aliphatic heterocycles. The van der Waals surface area contributed by atoms with E-state index < -0.39 is 11.8 Å². The number of amides is 2. The fraction of sp³-hybridized carbons (Fsp3) is 0.0455. The smallest absolute Gasteiger partial charge is 0.269 e. The third-order valence-corrected chi connectivity index (χ3v) is 4.56. The zero-order valence-electron chi connectivity index (χ0n) is 14.4. The van der Waals surface area contributed by atoms with E-state index in [1.54, 1.807) is 19.1 Å². The molecule has 0 saturated heterocycles. The second-order valence-corrected chi connectivity index (χ2v) is 6.18. The zero-order valence-corrected chi connectivity index (χ0v) is 14.4. The Morgan fingerprint density at radius 1 is 1.00 bits per heavy atom. The minimum atomic E-state index is -0.673. The van der Waals surface area contributed by atoms with E-state index in [2.05, 4.69) is 5.32 Å². The second-order valence-electron chi connectivity index (χ2n) is 6.18. The Balaban J connectivity index is 1.78. The molecule has 27 heavy (non-hydrogen) atoms. The molecule has 1 N–H and O–H groups in total. The number of benzene rings is 2. The van der Waals surface area contributed by atoms with Crippen molar-refractivity contribution in [2.24, 2.45) is 0 Å². The summed E-state index contributed by atoms with van der Waals surface area (Å²) >= 11 is 0. The van der Waals surface area contributed by atoms with Crippen molar-refractivity contribution in [1.29, 1.82) is 5.26 Å². The van der Waals surface area contributed by atoms with Crippen LogP contribution in [0.2, 0.25) is 0 Å². The molecule has 0 atom stereocenters. The predicted molar refractivity (Wildman–Crippen MR) is 101 cm³/mol. The van der Waals surface area contributed by atoms with Crippen molar-refractivity contribution in [3.05, 3.63) is 77.1 Å². The molecule has 0 unspecified atom stereocenters. The third-order valence-electron chi connectivity index (χ3n) is 4.56. The molecule has 0 bridgehead atoms. The van der Waals surface area contributed by atoms with Gasteiger partial charge in [-0.25, -0.2) is 0 Å². The molecule has 2 heterocycles. The highest BCUT2D eigenvalue weighted by Gasteiger charge is 2.27. The summed E-state index contributed by atoms with van der Waals surface area (Å²) in [5.74, 6) is -0.0743. The van der Waals surface area contributed by atoms with E-state index in [0.29, 0.717) is 17.1 Å². The fourth-order valence-corrected chi connectivity index (χ4v) is 3.17. The Labute approximate surface area is 155 Å². The molecule has 0 spiro atoms. The van der Waals surface area contributed by atoms with Crippen molar-refractivity contribution in [2.75, 3.05) is 0 Å². The van der Waals surface area contributed by atoms with E-state index in [1.807, 2.05) is 54.6 Å². The van der Waals surface area contributed by atoms with E-state index >= 15 is 0 Å². The van der Waals surface area contributed by atoms with Gasteiger partial charge in [-0.15, -0.1) is 0 Å². The molecule has 5 nitrogen and oxygen atoms in total. The van der Waals surface area contributed by atoms with E-state index in [9.17, 15) is 9.59 Å². The number of fused-ring (bicyclic) bond motifs is 1. The minimum Gasteiger partial charge on any atom is -0.457 e. The monoisotopic (exact) mass is 354 g/mol. The van der Waals surface area contributed by atoms with Crippen molar-refractivity contribution in [2.45, 2.75) is 6.92 Å². The van der Waals surface area contributed by atoms with Gasteiger partial charge in [0.2, 0.25) is 0 Å². The largest absolute Gasteiger partial charge is 0.457 e. The fourth-order valence-electron chi connectivity index (χ4n) is 3.17. The van der Waals surface area contributed by atoms with Gasteiger partial charge in [0, 0.05) is 11.1 Å². The molecule has 130 valence electrons. The number of nitriles is 1. The summed E-state index contributed by atoms with van der Waals surface area (Å²) in [5, 5.41) is 13.5. The number of imide groups is 1. The van der Waals surface area contributed by atoms with Gasteiger partial charge in [0.15, 0.2) is 0 Å². The highest BCUT2D eigenvalue weighted by molar-refractivity contribution is 6.19. The van der Waals surface area contributed by atoms with Gasteiger partial charge in [-0.05, 0) is 41.5 Å². The van der Waals surface area contributed by atoms with Crippen LogP contribution in [0.15, 0.2) is 75.7 Å². The Hall–Kier alpha value is -3.91. The minimum absolute atomic E-state index is 0.0679. The number of rotatable bonds is 2. The summed E-state index contributed by atoms with van der Waals surface area (Å²) in [6.45, 7) is 1.58. The van der Waals surface area contributed by atoms with Crippen molar-refractivity contribution in [3.63, 3.8) is 0 Å². The van der Waals surface area contributed by atoms with Gasteiger partial charge in [-0.3, -0.25) is 14.9 Å². The van der Waals surface area contributed by atoms with Crippen LogP contribution in [0.5, 0.6) is 0 Å². The van der Waals surface area contributed by atoms with Crippen LogP contribution in [-0.4, -0.2) is 11.8 Å². The Morgan fingerprint density at radius 3 is 2.59 bits per heavy atom. The molecule has 5 heteroatoms. The van der Waals surface area contributed by atoms with Crippen molar-refractivity contribution in [1.82, 2.24) is 5.32 Å². The molecular formula is C22H14N2O3. The number of hydrogen-bond donors (Lipinski definition) is 1. The molecule has 0 saturated carbocycles. The number of carbonyl (C=O) groups is 2. The highest BCUT2D eigenvalue weighted by atomic mass is 16.3. The molecule has 0 fully saturated rings. The van der Waals surface area contributed by atoms with Gasteiger partial charge in [0.25, 0.3) is 11.8 Å². The van der Waals surface area contributed by atoms with Crippen LogP contribution in [0.1, 0.15) is 12.7 Å². The SMILES string of the molecule is CC1=C(C#N)C(=O)NC(=O)C1=Cc1ccc(-c2cccc3ccccc23)o1. The summed E-state index contributed by atoms with van der Waals surface area (Å²) in [6, 6.07) is 19.4. The molecule has 0 radical (unpaired) electrons. The van der Waals surface area contributed by atoms with Gasteiger partial charge < -0.3 is 4.42 Å². The standard InChI is InChI=1S/C22H14N2O3/c1-13-18(21(25)24-22(26)19(13)12-23)11-15-9-10-20(27-15)17-8-4-6-14-5-2-3-7-16(14)17/h2-11H,1H3,(H,24,25,26). The number of nitrogens with one attached hydrogen (secondary N) is 1. The number of furan rings is 1. The maximum Gasteiger partial charge on any atom is 0.269 e. The maximum atomic E-state index is 12.1. The van der Waals surface area contributed by atoms with Crippen LogP contribution in [0.3, 0.4) is 0 Å². The van der Waals surface area contributed by atoms with Crippen LogP contribution < -0.4 is 5.32 Å². The zero-order chi connectivity index (χ0) is 19.0. The third kappa shape index (κ3) is 2.83. The van der Waals surface area contributed by atoms with Crippen LogP contribution in [0.25, 0.3) is 28.2 Å². The molecule has 4 rings (SSSR count). The predicted octanol–water partition coefficient (Wildman–Crippen LogP) is 3.98. The first kappa shape index (κ1) is 16.6. The molecule has 1 aromatic heterocycles. The summed E-state index contributed by atoms with van der Waals surface area (Å²) in [4.78, 5) is 23.8. The van der Waals surface area contributed by atoms with Crippen molar-refractivity contribution in [3.8, 4) is 17.4 Å². The average Bonchev–Trinajstić information content (AvgIpc) is 3.13. The molecule has 2 aromatic carbocycles. The normalized spacial score (nSPS) is 15.9. The Morgan fingerprint density at radius 2 is 1.78 bits per heavy atom. The first-order valence-electron chi connectivity index (χ1n) is 8.35. The number of hydrogen-bond acceptors (Lipinski definition) is 4. The summed E-state index contributed by atoms with van der Waals surface area (Å²) in [5.41, 5.74) is 1.46. The molecule has 2 amide bonds. The van der Waals surface area contributed by atoms with E-state index in [-0.39, 0.29) is 11.1 Å². The van der Waals surface area contributed by atoms with Crippen molar-refractivity contribution >= 4 is 28.7 Å². The Kier molecular flexibility index (Phi) is 3.94. The van der Waals surface area contributed by atoms with Gasteiger partial charge in [0.05, 0.1) is 0 Å². The lowest BCUT2D eigenvalue weighted by atomic mass is 9.96. The Bertz CT molecular complexity index is 1200. The van der Waals surface area contributed by atoms with E-state index in [1.165, 1.54) is 0 Å². The number of carbonyl (C=O) groups excluding carboxylic acids is 2. The van der Waals surface area contributed by atoms with Gasteiger partial charge in [-0.1, -0.05) is 42.5 Å². The van der Waals surface area contributed by atoms with Crippen LogP contribution in [-0.2, 0) is 9.59 Å². The average molecular weight is 354 g/mol. The van der Waals surface area contributed by atoms with Gasteiger partial charge in [-0.2, -0.15) is 5.26 Å². The van der Waals surface area contributed by atoms with Crippen LogP contribution >= 0.6 is 0 Å². The lowest BCUT2D eigenvalue weighted by Crippen LogP contribution is -2.37. The van der Waals surface area contributed by atoms with Crippen LogP contribution in [0, 0.1) is 11.3 Å². The van der Waals surface area contributed by atoms with E-state index in [0.717, 1.165) is 16.3 Å².